The van der Waals surface area contributed by atoms with Crippen LogP contribution >= 0.6 is 0 Å². The van der Waals surface area contributed by atoms with Crippen molar-refractivity contribution in [1.29, 1.82) is 0 Å². The van der Waals surface area contributed by atoms with Crippen molar-refractivity contribution in [2.45, 2.75) is 25.7 Å². The van der Waals surface area contributed by atoms with E-state index in [0.29, 0.717) is 12.0 Å². The molecule has 0 bridgehead atoms. The van der Waals surface area contributed by atoms with Crippen LogP contribution in [0.15, 0.2) is 12.1 Å². The summed E-state index contributed by atoms with van der Waals surface area (Å²) in [6.45, 7) is 2.00. The van der Waals surface area contributed by atoms with Gasteiger partial charge < -0.3 is 4.74 Å². The molecule has 0 radical (unpaired) electrons. The minimum absolute atomic E-state index is 0.210. The quantitative estimate of drug-likeness (QED) is 0.672. The van der Waals surface area contributed by atoms with Crippen LogP contribution in [0.2, 0.25) is 0 Å². The normalized spacial score (nSPS) is 15.4. The minimum Gasteiger partial charge on any atom is -0.496 e. The second kappa shape index (κ2) is 6.86. The van der Waals surface area contributed by atoms with E-state index < -0.39 is 17.8 Å². The summed E-state index contributed by atoms with van der Waals surface area (Å²) in [5.74, 6) is -0.249. The number of hydroxylamine groups is 1. The smallest absolute Gasteiger partial charge is 0.420 e. The number of hydrogen-bond donors (Lipinski definition) is 1. The summed E-state index contributed by atoms with van der Waals surface area (Å²) in [5.41, 5.74) is 2.19. The number of methoxy groups -OCH3 is 1. The molecule has 2 amide bonds. The van der Waals surface area contributed by atoms with Crippen molar-refractivity contribution in [3.63, 3.8) is 0 Å². The number of nitrogens with one attached hydrogen (secondary N) is 1. The molecule has 2 rings (SSSR count). The lowest BCUT2D eigenvalue weighted by molar-refractivity contribution is -0.138. The topological polar surface area (TPSA) is 54.0 Å². The fraction of sp³-hybridized carbons (Fsp3) is 0.533. The highest BCUT2D eigenvalue weighted by molar-refractivity contribution is 5.94. The fourth-order valence-corrected chi connectivity index (χ4v) is 2.31. The van der Waals surface area contributed by atoms with Crippen molar-refractivity contribution in [2.24, 2.45) is 0 Å². The first-order valence-corrected chi connectivity index (χ1v) is 7.32. The summed E-state index contributed by atoms with van der Waals surface area (Å²) in [6.07, 6.45) is -4.50. The number of carbonyl (C=O) groups is 1. The Kier molecular flexibility index (Phi) is 5.24. The maximum absolute atomic E-state index is 13.1. The zero-order chi connectivity index (χ0) is 18.1. The number of rotatable bonds is 4. The molecule has 9 heteroatoms. The Morgan fingerprint density at radius 1 is 1.38 bits per heavy atom. The second-order valence-electron chi connectivity index (χ2n) is 5.67. The average Bonchev–Trinajstić information content (AvgIpc) is 2.92. The SMILES string of the molecule is COc1cc2c(cc1C(F)(F)F)N(C(=O)NOC(C)N(C)C)CC2. The van der Waals surface area contributed by atoms with E-state index in [2.05, 4.69) is 5.48 Å². The van der Waals surface area contributed by atoms with Gasteiger partial charge in [-0.15, -0.1) is 0 Å². The molecule has 1 aromatic rings. The van der Waals surface area contributed by atoms with Gasteiger partial charge in [0.05, 0.1) is 12.7 Å². The first kappa shape index (κ1) is 18.3. The predicted molar refractivity (Wildman–Crippen MR) is 81.8 cm³/mol. The maximum atomic E-state index is 13.1. The number of benzene rings is 1. The van der Waals surface area contributed by atoms with Gasteiger partial charge in [0.15, 0.2) is 0 Å². The van der Waals surface area contributed by atoms with Gasteiger partial charge in [0.1, 0.15) is 12.0 Å². The molecule has 1 N–H and O–H groups in total. The molecule has 0 spiro atoms. The van der Waals surface area contributed by atoms with Gasteiger partial charge in [-0.05, 0) is 45.1 Å². The zero-order valence-electron chi connectivity index (χ0n) is 13.9. The van der Waals surface area contributed by atoms with Crippen LogP contribution in [-0.4, -0.2) is 44.9 Å². The third-order valence-electron chi connectivity index (χ3n) is 3.89. The standard InChI is InChI=1S/C15H20F3N3O3/c1-9(20(2)3)24-19-14(22)21-6-5-10-7-13(23-4)11(8-12(10)21)15(16,17)18/h7-9H,5-6H2,1-4H3,(H,19,22). The molecule has 1 heterocycles. The Morgan fingerprint density at radius 3 is 2.58 bits per heavy atom. The molecule has 24 heavy (non-hydrogen) atoms. The van der Waals surface area contributed by atoms with E-state index in [1.165, 1.54) is 18.1 Å². The predicted octanol–water partition coefficient (Wildman–Crippen LogP) is 2.63. The second-order valence-corrected chi connectivity index (χ2v) is 5.67. The molecule has 1 aromatic carbocycles. The summed E-state index contributed by atoms with van der Waals surface area (Å²) in [4.78, 5) is 20.3. The van der Waals surface area contributed by atoms with Crippen molar-refractivity contribution in [3.05, 3.63) is 23.3 Å². The van der Waals surface area contributed by atoms with E-state index in [4.69, 9.17) is 9.57 Å². The van der Waals surface area contributed by atoms with E-state index >= 15 is 0 Å². The monoisotopic (exact) mass is 347 g/mol. The van der Waals surface area contributed by atoms with Crippen LogP contribution in [0, 0.1) is 0 Å². The lowest BCUT2D eigenvalue weighted by Gasteiger charge is -2.23. The molecule has 1 aliphatic heterocycles. The molecule has 1 unspecified atom stereocenters. The average molecular weight is 347 g/mol. The number of hydrogen-bond acceptors (Lipinski definition) is 4. The van der Waals surface area contributed by atoms with Gasteiger partial charge in [-0.2, -0.15) is 13.2 Å². The number of alkyl halides is 3. The van der Waals surface area contributed by atoms with Crippen LogP contribution in [-0.2, 0) is 17.4 Å². The molecular formula is C15H20F3N3O3. The van der Waals surface area contributed by atoms with Gasteiger partial charge in [-0.1, -0.05) is 0 Å². The van der Waals surface area contributed by atoms with Gasteiger partial charge >= 0.3 is 12.2 Å². The summed E-state index contributed by atoms with van der Waals surface area (Å²) >= 11 is 0. The summed E-state index contributed by atoms with van der Waals surface area (Å²) < 4.78 is 44.3. The van der Waals surface area contributed by atoms with Crippen LogP contribution in [0.1, 0.15) is 18.1 Å². The molecule has 6 nitrogen and oxygen atoms in total. The zero-order valence-corrected chi connectivity index (χ0v) is 13.9. The maximum Gasteiger partial charge on any atom is 0.420 e. The number of carbonyl (C=O) groups excluding carboxylic acids is 1. The number of anilines is 1. The highest BCUT2D eigenvalue weighted by Crippen LogP contribution is 2.42. The van der Waals surface area contributed by atoms with E-state index in [1.54, 1.807) is 25.9 Å². The van der Waals surface area contributed by atoms with Crippen LogP contribution in [0.4, 0.5) is 23.7 Å². The van der Waals surface area contributed by atoms with E-state index in [0.717, 1.165) is 6.07 Å². The van der Waals surface area contributed by atoms with E-state index in [-0.39, 0.29) is 24.2 Å². The Bertz CT molecular complexity index is 620. The number of ether oxygens (including phenoxy) is 1. The van der Waals surface area contributed by atoms with E-state index in [1.807, 2.05) is 0 Å². The highest BCUT2D eigenvalue weighted by atomic mass is 19.4. The number of amides is 2. The molecule has 0 fully saturated rings. The molecule has 0 saturated heterocycles. The van der Waals surface area contributed by atoms with Gasteiger partial charge in [-0.25, -0.2) is 10.3 Å². The number of urea groups is 1. The fourth-order valence-electron chi connectivity index (χ4n) is 2.31. The van der Waals surface area contributed by atoms with Crippen LogP contribution < -0.4 is 15.1 Å². The van der Waals surface area contributed by atoms with E-state index in [9.17, 15) is 18.0 Å². The molecular weight excluding hydrogens is 327 g/mol. The lowest BCUT2D eigenvalue weighted by Crippen LogP contribution is -2.43. The van der Waals surface area contributed by atoms with Gasteiger partial charge in [-0.3, -0.25) is 14.6 Å². The third-order valence-corrected chi connectivity index (χ3v) is 3.89. The van der Waals surface area contributed by atoms with Crippen LogP contribution in [0.5, 0.6) is 5.75 Å². The molecule has 1 atom stereocenters. The summed E-state index contributed by atoms with van der Waals surface area (Å²) in [7, 11) is 4.72. The van der Waals surface area contributed by atoms with Gasteiger partial charge in [0.25, 0.3) is 0 Å². The first-order valence-electron chi connectivity index (χ1n) is 7.32. The van der Waals surface area contributed by atoms with Crippen LogP contribution in [0.25, 0.3) is 0 Å². The van der Waals surface area contributed by atoms with Crippen molar-refractivity contribution < 1.29 is 27.5 Å². The molecule has 1 aliphatic rings. The molecule has 0 saturated carbocycles. The lowest BCUT2D eigenvalue weighted by atomic mass is 10.1. The molecule has 134 valence electrons. The summed E-state index contributed by atoms with van der Waals surface area (Å²) in [6, 6.07) is 1.66. The van der Waals surface area contributed by atoms with Gasteiger partial charge in [0.2, 0.25) is 0 Å². The Hall–Kier alpha value is -2.00. The molecule has 0 aromatic heterocycles. The Balaban J connectivity index is 2.23. The number of halogens is 3. The Labute approximate surface area is 138 Å². The third kappa shape index (κ3) is 3.73. The van der Waals surface area contributed by atoms with Gasteiger partial charge in [0, 0.05) is 12.2 Å². The number of fused-ring (bicyclic) bond motifs is 1. The first-order chi connectivity index (χ1) is 11.1. The number of nitrogens with zero attached hydrogens (tertiary/aromatic N) is 2. The Morgan fingerprint density at radius 2 is 2.04 bits per heavy atom. The van der Waals surface area contributed by atoms with Crippen molar-refractivity contribution in [2.75, 3.05) is 32.6 Å². The highest BCUT2D eigenvalue weighted by Gasteiger charge is 2.37. The van der Waals surface area contributed by atoms with Crippen molar-refractivity contribution in [1.82, 2.24) is 10.4 Å². The largest absolute Gasteiger partial charge is 0.496 e. The van der Waals surface area contributed by atoms with Crippen molar-refractivity contribution >= 4 is 11.7 Å². The van der Waals surface area contributed by atoms with Crippen molar-refractivity contribution in [3.8, 4) is 5.75 Å². The van der Waals surface area contributed by atoms with Crippen LogP contribution in [0.3, 0.4) is 0 Å². The summed E-state index contributed by atoms with van der Waals surface area (Å²) in [5, 5.41) is 0. The minimum atomic E-state index is -4.57. The molecule has 0 aliphatic carbocycles.